The van der Waals surface area contributed by atoms with Crippen LogP contribution in [0.4, 0.5) is 5.13 Å². The van der Waals surface area contributed by atoms with Crippen molar-refractivity contribution in [2.75, 3.05) is 12.5 Å². The van der Waals surface area contributed by atoms with E-state index < -0.39 is 41.5 Å². The number of aromatic nitrogens is 1. The molecule has 0 bridgehead atoms. The summed E-state index contributed by atoms with van der Waals surface area (Å²) in [4.78, 5) is 54.6. The van der Waals surface area contributed by atoms with Crippen LogP contribution in [0.1, 0.15) is 33.4 Å². The van der Waals surface area contributed by atoms with Gasteiger partial charge in [0.15, 0.2) is 5.13 Å². The van der Waals surface area contributed by atoms with Crippen LogP contribution in [0.2, 0.25) is 0 Å². The smallest absolute Gasteiger partial charge is 0.357 e. The molecule has 176 valence electrons. The molecule has 2 aliphatic heterocycles. The molecule has 3 rings (SSSR count). The topological polar surface area (TPSA) is 141 Å². The van der Waals surface area contributed by atoms with E-state index in [-0.39, 0.29) is 35.7 Å². The minimum absolute atomic E-state index is 0. The van der Waals surface area contributed by atoms with Gasteiger partial charge in [0.05, 0.1) is 17.5 Å². The van der Waals surface area contributed by atoms with Crippen LogP contribution < -0.4 is 11.1 Å². The van der Waals surface area contributed by atoms with E-state index in [4.69, 9.17) is 15.2 Å². The zero-order valence-corrected chi connectivity index (χ0v) is 20.4. The first-order valence-electron chi connectivity index (χ1n) is 9.51. The number of carbonyl (C=O) groups excluding carboxylic acids is 4. The number of hydrogen-bond donors (Lipinski definition) is 2. The Morgan fingerprint density at radius 3 is 2.56 bits per heavy atom. The number of β-lactam (4-membered cyclic amide) rings is 1. The van der Waals surface area contributed by atoms with Crippen molar-refractivity contribution >= 4 is 64.4 Å². The van der Waals surface area contributed by atoms with Crippen LogP contribution in [0.15, 0.2) is 17.2 Å². The normalized spacial score (nSPS) is 22.0. The quantitative estimate of drug-likeness (QED) is 0.334. The number of halogens is 1. The second-order valence-corrected chi connectivity index (χ2v) is 10.5. The number of fused-ring (bicyclic) bond motifs is 1. The van der Waals surface area contributed by atoms with Crippen molar-refractivity contribution < 1.29 is 28.7 Å². The number of ether oxygens (including phenoxy) is 2. The third-order valence-corrected chi connectivity index (χ3v) is 6.53. The molecule has 0 spiro atoms. The highest BCUT2D eigenvalue weighted by atomic mass is 35.5. The number of nitrogens with one attached hydrogen (secondary N) is 1. The summed E-state index contributed by atoms with van der Waals surface area (Å²) in [5.41, 5.74) is 5.45. The third-order valence-electron chi connectivity index (χ3n) is 4.48. The SMILES string of the molecule is CC1C=C(C(=O)OCOC(=O)C(C)(C)C)N2C(=O)C(NC(=O)Cc3csc(N)n3)[C@@H]2S1.Cl. The lowest BCUT2D eigenvalue weighted by Crippen LogP contribution is -2.70. The van der Waals surface area contributed by atoms with E-state index in [0.29, 0.717) is 10.8 Å². The standard InChI is InChI=1S/C19H24N4O6S2.ClH/c1-9-5-11(16(26)28-8-29-17(27)19(2,3)4)23-14(25)13(15(23)31-9)22-12(24)6-10-7-30-18(20)21-10;/h5,7,9,13,15H,6,8H2,1-4H3,(H2,20,21)(H,22,24);1H/t9?,13?,15-;/m0./s1. The fourth-order valence-electron chi connectivity index (χ4n) is 2.94. The molecule has 2 amide bonds. The van der Waals surface area contributed by atoms with Crippen LogP contribution in [0.25, 0.3) is 0 Å². The maximum absolute atomic E-state index is 12.7. The van der Waals surface area contributed by atoms with Gasteiger partial charge in [0.2, 0.25) is 12.7 Å². The molecule has 0 saturated carbocycles. The van der Waals surface area contributed by atoms with Gasteiger partial charge < -0.3 is 20.5 Å². The lowest BCUT2D eigenvalue weighted by atomic mass is 9.98. The van der Waals surface area contributed by atoms with Gasteiger partial charge >= 0.3 is 11.9 Å². The molecular formula is C19H25ClN4O6S2. The first kappa shape index (κ1) is 25.9. The van der Waals surface area contributed by atoms with Crippen LogP contribution in [-0.2, 0) is 35.1 Å². The van der Waals surface area contributed by atoms with Gasteiger partial charge in [0.25, 0.3) is 5.91 Å². The summed E-state index contributed by atoms with van der Waals surface area (Å²) in [5.74, 6) is -2.05. The second kappa shape index (κ2) is 10.1. The molecule has 1 fully saturated rings. The van der Waals surface area contributed by atoms with E-state index in [1.54, 1.807) is 32.2 Å². The van der Waals surface area contributed by atoms with Crippen molar-refractivity contribution in [1.82, 2.24) is 15.2 Å². The number of thioether (sulfide) groups is 1. The number of nitrogens with two attached hydrogens (primary N) is 1. The minimum Gasteiger partial charge on any atom is -0.427 e. The van der Waals surface area contributed by atoms with Gasteiger partial charge in [-0.3, -0.25) is 19.3 Å². The predicted molar refractivity (Wildman–Crippen MR) is 122 cm³/mol. The monoisotopic (exact) mass is 504 g/mol. The number of anilines is 1. The molecule has 10 nitrogen and oxygen atoms in total. The Bertz CT molecular complexity index is 944. The number of amides is 2. The number of nitrogens with zero attached hydrogens (tertiary/aromatic N) is 2. The summed E-state index contributed by atoms with van der Waals surface area (Å²) < 4.78 is 9.98. The molecule has 1 aromatic heterocycles. The Morgan fingerprint density at radius 1 is 1.28 bits per heavy atom. The van der Waals surface area contributed by atoms with Gasteiger partial charge in [-0.05, 0) is 33.8 Å². The highest BCUT2D eigenvalue weighted by Crippen LogP contribution is 2.41. The molecule has 0 radical (unpaired) electrons. The maximum atomic E-state index is 12.7. The summed E-state index contributed by atoms with van der Waals surface area (Å²) >= 11 is 2.68. The van der Waals surface area contributed by atoms with Crippen molar-refractivity contribution in [3.05, 3.63) is 22.8 Å². The molecular weight excluding hydrogens is 480 g/mol. The lowest BCUT2D eigenvalue weighted by Gasteiger charge is -2.49. The fourth-order valence-corrected chi connectivity index (χ4v) is 4.83. The Morgan fingerprint density at radius 2 is 1.97 bits per heavy atom. The molecule has 0 aliphatic carbocycles. The molecule has 3 atom stereocenters. The van der Waals surface area contributed by atoms with E-state index in [9.17, 15) is 19.2 Å². The van der Waals surface area contributed by atoms with Crippen molar-refractivity contribution in [3.8, 4) is 0 Å². The van der Waals surface area contributed by atoms with E-state index in [2.05, 4.69) is 10.3 Å². The van der Waals surface area contributed by atoms with Crippen molar-refractivity contribution in [2.45, 2.75) is 50.8 Å². The number of thiazole rings is 1. The predicted octanol–water partition coefficient (Wildman–Crippen LogP) is 1.45. The van der Waals surface area contributed by atoms with E-state index in [1.807, 2.05) is 6.92 Å². The van der Waals surface area contributed by atoms with Gasteiger partial charge in [-0.15, -0.1) is 35.5 Å². The molecule has 13 heteroatoms. The first-order valence-corrected chi connectivity index (χ1v) is 11.3. The molecule has 2 aliphatic rings. The molecule has 32 heavy (non-hydrogen) atoms. The van der Waals surface area contributed by atoms with Crippen molar-refractivity contribution in [2.24, 2.45) is 5.41 Å². The van der Waals surface area contributed by atoms with Crippen LogP contribution in [-0.4, -0.2) is 57.1 Å². The number of hydrogen-bond acceptors (Lipinski definition) is 10. The average Bonchev–Trinajstić information content (AvgIpc) is 3.08. The zero-order chi connectivity index (χ0) is 22.9. The molecule has 0 aromatic carbocycles. The number of nitrogen functional groups attached to an aromatic ring is 1. The zero-order valence-electron chi connectivity index (χ0n) is 17.9. The first-order chi connectivity index (χ1) is 14.5. The summed E-state index contributed by atoms with van der Waals surface area (Å²) in [6.07, 6.45) is 1.62. The Labute approximate surface area is 199 Å². The molecule has 1 aromatic rings. The molecule has 3 N–H and O–H groups in total. The molecule has 1 saturated heterocycles. The maximum Gasteiger partial charge on any atom is 0.357 e. The van der Waals surface area contributed by atoms with Crippen molar-refractivity contribution in [1.29, 1.82) is 0 Å². The Hall–Kier alpha value is -2.31. The van der Waals surface area contributed by atoms with Gasteiger partial charge in [-0.1, -0.05) is 0 Å². The fraction of sp³-hybridized carbons (Fsp3) is 0.526. The number of esters is 2. The number of carbonyl (C=O) groups is 4. The van der Waals surface area contributed by atoms with Crippen LogP contribution in [0.5, 0.6) is 0 Å². The van der Waals surface area contributed by atoms with Gasteiger partial charge in [-0.2, -0.15) is 0 Å². The van der Waals surface area contributed by atoms with Gasteiger partial charge in [0.1, 0.15) is 17.1 Å². The van der Waals surface area contributed by atoms with E-state index >= 15 is 0 Å². The third kappa shape index (κ3) is 5.73. The Balaban J connectivity index is 0.00000363. The summed E-state index contributed by atoms with van der Waals surface area (Å²) in [7, 11) is 0. The van der Waals surface area contributed by atoms with Crippen molar-refractivity contribution in [3.63, 3.8) is 0 Å². The second-order valence-electron chi connectivity index (χ2n) is 8.12. The summed E-state index contributed by atoms with van der Waals surface area (Å²) in [5, 5.41) is 4.23. The average molecular weight is 505 g/mol. The highest BCUT2D eigenvalue weighted by Gasteiger charge is 2.54. The van der Waals surface area contributed by atoms with Crippen LogP contribution in [0.3, 0.4) is 0 Å². The van der Waals surface area contributed by atoms with Gasteiger partial charge in [-0.25, -0.2) is 9.78 Å². The molecule has 3 heterocycles. The molecule has 2 unspecified atom stereocenters. The van der Waals surface area contributed by atoms with Gasteiger partial charge in [0, 0.05) is 10.6 Å². The summed E-state index contributed by atoms with van der Waals surface area (Å²) in [6.45, 7) is 6.37. The van der Waals surface area contributed by atoms with Crippen LogP contribution in [0, 0.1) is 5.41 Å². The highest BCUT2D eigenvalue weighted by molar-refractivity contribution is 8.00. The lowest BCUT2D eigenvalue weighted by molar-refractivity contribution is -0.173. The van der Waals surface area contributed by atoms with E-state index in [1.165, 1.54) is 28.0 Å². The number of rotatable bonds is 6. The Kier molecular flexibility index (Phi) is 8.18. The summed E-state index contributed by atoms with van der Waals surface area (Å²) in [6, 6.07) is -0.758. The van der Waals surface area contributed by atoms with Crippen LogP contribution >= 0.6 is 35.5 Å². The minimum atomic E-state index is -0.769. The van der Waals surface area contributed by atoms with E-state index in [0.717, 1.165) is 0 Å². The largest absolute Gasteiger partial charge is 0.427 e.